The zero-order chi connectivity index (χ0) is 14.5. The average molecular weight is 297 g/mol. The summed E-state index contributed by atoms with van der Waals surface area (Å²) in [5.41, 5.74) is 1.10. The predicted octanol–water partition coefficient (Wildman–Crippen LogP) is 2.47. The van der Waals surface area contributed by atoms with E-state index in [1.165, 1.54) is 0 Å². The van der Waals surface area contributed by atoms with Gasteiger partial charge in [0.2, 0.25) is 6.79 Å². The molecule has 2 atom stereocenters. The van der Waals surface area contributed by atoms with Gasteiger partial charge in [-0.05, 0) is 30.2 Å². The molecular formula is C15H23NO3S. The fraction of sp³-hybridized carbons (Fsp3) is 0.600. The SMILES string of the molecule is CCNC(CS(=O)CC(C)C)c1ccc2c(c1)OCO2. The van der Waals surface area contributed by atoms with E-state index >= 15 is 0 Å². The molecule has 1 aromatic carbocycles. The lowest BCUT2D eigenvalue weighted by Gasteiger charge is -2.19. The second-order valence-corrected chi connectivity index (χ2v) is 6.94. The van der Waals surface area contributed by atoms with Gasteiger partial charge >= 0.3 is 0 Å². The van der Waals surface area contributed by atoms with Crippen LogP contribution >= 0.6 is 0 Å². The first-order valence-electron chi connectivity index (χ1n) is 7.08. The van der Waals surface area contributed by atoms with Crippen molar-refractivity contribution in [3.8, 4) is 11.5 Å². The number of fused-ring (bicyclic) bond motifs is 1. The minimum Gasteiger partial charge on any atom is -0.454 e. The molecule has 0 spiro atoms. The summed E-state index contributed by atoms with van der Waals surface area (Å²) in [7, 11) is -0.815. The lowest BCUT2D eigenvalue weighted by Crippen LogP contribution is -2.27. The third kappa shape index (κ3) is 3.96. The number of rotatable bonds is 7. The molecule has 20 heavy (non-hydrogen) atoms. The summed E-state index contributed by atoms with van der Waals surface area (Å²) in [6, 6.07) is 6.03. The molecule has 0 aliphatic carbocycles. The Hall–Kier alpha value is -1.07. The normalized spacial score (nSPS) is 16.4. The molecule has 112 valence electrons. The van der Waals surface area contributed by atoms with E-state index < -0.39 is 10.8 Å². The highest BCUT2D eigenvalue weighted by molar-refractivity contribution is 7.85. The Morgan fingerprint density at radius 1 is 1.25 bits per heavy atom. The van der Waals surface area contributed by atoms with Gasteiger partial charge in [0, 0.05) is 28.3 Å². The van der Waals surface area contributed by atoms with Gasteiger partial charge < -0.3 is 14.8 Å². The Labute approximate surface area is 123 Å². The van der Waals surface area contributed by atoms with Gasteiger partial charge in [-0.25, -0.2) is 0 Å². The molecule has 2 rings (SSSR count). The zero-order valence-corrected chi connectivity index (χ0v) is 13.2. The van der Waals surface area contributed by atoms with Crippen molar-refractivity contribution in [1.82, 2.24) is 5.32 Å². The second kappa shape index (κ2) is 7.09. The molecule has 0 amide bonds. The van der Waals surface area contributed by atoms with Crippen molar-refractivity contribution in [3.05, 3.63) is 23.8 Å². The van der Waals surface area contributed by atoms with Gasteiger partial charge in [0.05, 0.1) is 0 Å². The van der Waals surface area contributed by atoms with Crippen molar-refractivity contribution in [2.45, 2.75) is 26.8 Å². The van der Waals surface area contributed by atoms with Crippen LogP contribution in [0.25, 0.3) is 0 Å². The predicted molar refractivity (Wildman–Crippen MR) is 81.7 cm³/mol. The van der Waals surface area contributed by atoms with E-state index in [1.54, 1.807) is 0 Å². The van der Waals surface area contributed by atoms with Crippen LogP contribution in [-0.4, -0.2) is 29.1 Å². The fourth-order valence-electron chi connectivity index (χ4n) is 2.27. The Balaban J connectivity index is 2.09. The Morgan fingerprint density at radius 3 is 2.70 bits per heavy atom. The van der Waals surface area contributed by atoms with Crippen LogP contribution < -0.4 is 14.8 Å². The maximum atomic E-state index is 12.2. The van der Waals surface area contributed by atoms with Crippen molar-refractivity contribution in [2.24, 2.45) is 5.92 Å². The molecular weight excluding hydrogens is 274 g/mol. The van der Waals surface area contributed by atoms with Crippen LogP contribution in [-0.2, 0) is 10.8 Å². The van der Waals surface area contributed by atoms with Gasteiger partial charge in [0.15, 0.2) is 11.5 Å². The van der Waals surface area contributed by atoms with E-state index in [1.807, 2.05) is 18.2 Å². The molecule has 0 aromatic heterocycles. The van der Waals surface area contributed by atoms with E-state index in [4.69, 9.17) is 9.47 Å². The summed E-state index contributed by atoms with van der Waals surface area (Å²) in [5.74, 6) is 3.39. The summed E-state index contributed by atoms with van der Waals surface area (Å²) >= 11 is 0. The number of hydrogen-bond donors (Lipinski definition) is 1. The molecule has 1 aromatic rings. The van der Waals surface area contributed by atoms with Crippen LogP contribution in [0.4, 0.5) is 0 Å². The van der Waals surface area contributed by atoms with Crippen molar-refractivity contribution < 1.29 is 13.7 Å². The summed E-state index contributed by atoms with van der Waals surface area (Å²) in [4.78, 5) is 0. The quantitative estimate of drug-likeness (QED) is 0.840. The van der Waals surface area contributed by atoms with E-state index in [0.717, 1.165) is 29.4 Å². The minimum absolute atomic E-state index is 0.0917. The molecule has 0 saturated heterocycles. The molecule has 1 aliphatic rings. The highest BCUT2D eigenvalue weighted by atomic mass is 32.2. The zero-order valence-electron chi connectivity index (χ0n) is 12.3. The van der Waals surface area contributed by atoms with Crippen molar-refractivity contribution in [3.63, 3.8) is 0 Å². The van der Waals surface area contributed by atoms with Crippen LogP contribution in [0.2, 0.25) is 0 Å². The fourth-order valence-corrected chi connectivity index (χ4v) is 3.84. The molecule has 4 nitrogen and oxygen atoms in total. The van der Waals surface area contributed by atoms with E-state index in [0.29, 0.717) is 11.7 Å². The Kier molecular flexibility index (Phi) is 5.43. The van der Waals surface area contributed by atoms with Gasteiger partial charge in [-0.3, -0.25) is 4.21 Å². The average Bonchev–Trinajstić information content (AvgIpc) is 2.84. The molecule has 0 saturated carbocycles. The molecule has 1 aliphatic heterocycles. The maximum absolute atomic E-state index is 12.2. The van der Waals surface area contributed by atoms with Crippen molar-refractivity contribution in [2.75, 3.05) is 24.8 Å². The van der Waals surface area contributed by atoms with Crippen molar-refractivity contribution >= 4 is 10.8 Å². The van der Waals surface area contributed by atoms with Gasteiger partial charge in [0.25, 0.3) is 0 Å². The smallest absolute Gasteiger partial charge is 0.231 e. The third-order valence-electron chi connectivity index (χ3n) is 3.12. The Bertz CT molecular complexity index is 476. The molecule has 0 fully saturated rings. The van der Waals surface area contributed by atoms with Crippen LogP contribution in [0.15, 0.2) is 18.2 Å². The van der Waals surface area contributed by atoms with Crippen molar-refractivity contribution in [1.29, 1.82) is 0 Å². The molecule has 2 unspecified atom stereocenters. The first-order chi connectivity index (χ1) is 9.60. The highest BCUT2D eigenvalue weighted by Crippen LogP contribution is 2.34. The summed E-state index contributed by atoms with van der Waals surface area (Å²) in [5, 5.41) is 3.40. The second-order valence-electron chi connectivity index (χ2n) is 5.39. The van der Waals surface area contributed by atoms with E-state index in [9.17, 15) is 4.21 Å². The summed E-state index contributed by atoms with van der Waals surface area (Å²) < 4.78 is 22.9. The maximum Gasteiger partial charge on any atom is 0.231 e. The topological polar surface area (TPSA) is 47.6 Å². The number of hydrogen-bond acceptors (Lipinski definition) is 4. The molecule has 1 N–H and O–H groups in total. The Morgan fingerprint density at radius 2 is 2.00 bits per heavy atom. The van der Waals surface area contributed by atoms with Gasteiger partial charge in [-0.2, -0.15) is 0 Å². The molecule has 5 heteroatoms. The molecule has 0 bridgehead atoms. The minimum atomic E-state index is -0.815. The largest absolute Gasteiger partial charge is 0.454 e. The monoisotopic (exact) mass is 297 g/mol. The van der Waals surface area contributed by atoms with Gasteiger partial charge in [-0.15, -0.1) is 0 Å². The summed E-state index contributed by atoms with van der Waals surface area (Å²) in [6.07, 6.45) is 0. The number of nitrogens with one attached hydrogen (secondary N) is 1. The van der Waals surface area contributed by atoms with E-state index in [-0.39, 0.29) is 12.8 Å². The first-order valence-corrected chi connectivity index (χ1v) is 8.56. The lowest BCUT2D eigenvalue weighted by molar-refractivity contribution is 0.174. The number of benzene rings is 1. The van der Waals surface area contributed by atoms with Crippen LogP contribution in [0.3, 0.4) is 0 Å². The first kappa shape index (κ1) is 15.3. The summed E-state index contributed by atoms with van der Waals surface area (Å²) in [6.45, 7) is 7.38. The van der Waals surface area contributed by atoms with Crippen LogP contribution in [0, 0.1) is 5.92 Å². The standard InChI is InChI=1S/C15H23NO3S/c1-4-16-13(9-20(17)8-11(2)3)12-5-6-14-15(7-12)19-10-18-14/h5-7,11,13,16H,4,8-10H2,1-3H3. The number of ether oxygens (including phenoxy) is 2. The van der Waals surface area contributed by atoms with E-state index in [2.05, 4.69) is 26.1 Å². The van der Waals surface area contributed by atoms with Crippen LogP contribution in [0.5, 0.6) is 11.5 Å². The molecule has 1 heterocycles. The van der Waals surface area contributed by atoms with Crippen LogP contribution in [0.1, 0.15) is 32.4 Å². The van der Waals surface area contributed by atoms with Gasteiger partial charge in [-0.1, -0.05) is 26.8 Å². The lowest BCUT2D eigenvalue weighted by atomic mass is 10.1. The highest BCUT2D eigenvalue weighted by Gasteiger charge is 2.19. The molecule has 0 radical (unpaired) electrons. The van der Waals surface area contributed by atoms with Gasteiger partial charge in [0.1, 0.15) is 0 Å². The third-order valence-corrected chi connectivity index (χ3v) is 4.86.